The van der Waals surface area contributed by atoms with Crippen LogP contribution < -0.4 is 5.32 Å². The number of nitrogens with zero attached hydrogens (tertiary/aromatic N) is 1. The lowest BCUT2D eigenvalue weighted by Gasteiger charge is -2.11. The van der Waals surface area contributed by atoms with Crippen LogP contribution in [0.2, 0.25) is 0 Å². The maximum Gasteiger partial charge on any atom is 0.110 e. The average Bonchev–Trinajstić information content (AvgIpc) is 2.61. The summed E-state index contributed by atoms with van der Waals surface area (Å²) >= 11 is 3.73. The van der Waals surface area contributed by atoms with Gasteiger partial charge in [-0.05, 0) is 38.8 Å². The molecule has 4 heteroatoms. The Morgan fingerprint density at radius 2 is 2.27 bits per heavy atom. The first kappa shape index (κ1) is 13.0. The minimum atomic E-state index is 0.432. The van der Waals surface area contributed by atoms with Gasteiger partial charge in [0, 0.05) is 4.88 Å². The van der Waals surface area contributed by atoms with Crippen LogP contribution in [0.25, 0.3) is 0 Å². The van der Waals surface area contributed by atoms with Crippen molar-refractivity contribution in [2.24, 2.45) is 0 Å². The summed E-state index contributed by atoms with van der Waals surface area (Å²) in [6, 6.07) is 0.432. The van der Waals surface area contributed by atoms with Gasteiger partial charge in [0.1, 0.15) is 5.01 Å². The number of thioether (sulfide) groups is 1. The molecule has 0 radical (unpaired) electrons. The molecule has 2 nitrogen and oxygen atoms in total. The van der Waals surface area contributed by atoms with Gasteiger partial charge in [-0.15, -0.1) is 11.3 Å². The molecule has 0 saturated heterocycles. The van der Waals surface area contributed by atoms with E-state index in [4.69, 9.17) is 4.98 Å². The number of rotatable bonds is 6. The van der Waals surface area contributed by atoms with Gasteiger partial charge in [0.05, 0.1) is 11.7 Å². The van der Waals surface area contributed by atoms with Gasteiger partial charge in [0.2, 0.25) is 0 Å². The van der Waals surface area contributed by atoms with Crippen LogP contribution in [0.1, 0.15) is 35.0 Å². The van der Waals surface area contributed by atoms with Crippen LogP contribution in [0.15, 0.2) is 0 Å². The Morgan fingerprint density at radius 3 is 2.73 bits per heavy atom. The monoisotopic (exact) mass is 244 g/mol. The van der Waals surface area contributed by atoms with E-state index in [1.165, 1.54) is 21.3 Å². The van der Waals surface area contributed by atoms with Crippen LogP contribution in [0.5, 0.6) is 0 Å². The number of hydrogen-bond donors (Lipinski definition) is 1. The molecule has 0 bridgehead atoms. The third-order valence-corrected chi connectivity index (χ3v) is 4.27. The molecular formula is C11H20N2S2. The molecule has 0 saturated carbocycles. The zero-order valence-corrected chi connectivity index (χ0v) is 11.6. The fraction of sp³-hybridized carbons (Fsp3) is 0.727. The second-order valence-electron chi connectivity index (χ2n) is 3.53. The highest BCUT2D eigenvalue weighted by atomic mass is 32.2. The van der Waals surface area contributed by atoms with Crippen molar-refractivity contribution < 1.29 is 0 Å². The fourth-order valence-corrected chi connectivity index (χ4v) is 3.18. The molecule has 0 spiro atoms. The Balaban J connectivity index is 2.73. The van der Waals surface area contributed by atoms with Crippen molar-refractivity contribution in [3.63, 3.8) is 0 Å². The Bertz CT molecular complexity index is 297. The normalized spacial score (nSPS) is 13.1. The molecule has 1 unspecified atom stereocenters. The Labute approximate surface area is 101 Å². The molecule has 1 heterocycles. The standard InChI is InChI=1S/C11H20N2S2/c1-5-9-8(2)15-11(13-9)10(12-3)6-7-14-4/h10,12H,5-7H2,1-4H3. The van der Waals surface area contributed by atoms with Gasteiger partial charge < -0.3 is 5.32 Å². The Kier molecular flexibility index (Phi) is 5.64. The van der Waals surface area contributed by atoms with E-state index in [0.717, 1.165) is 12.8 Å². The first-order chi connectivity index (χ1) is 7.22. The molecule has 15 heavy (non-hydrogen) atoms. The maximum absolute atomic E-state index is 4.70. The highest BCUT2D eigenvalue weighted by molar-refractivity contribution is 7.98. The first-order valence-corrected chi connectivity index (χ1v) is 7.56. The predicted molar refractivity (Wildman–Crippen MR) is 71.0 cm³/mol. The van der Waals surface area contributed by atoms with Crippen LogP contribution in [-0.4, -0.2) is 24.0 Å². The second-order valence-corrected chi connectivity index (χ2v) is 5.75. The topological polar surface area (TPSA) is 24.9 Å². The molecule has 0 aliphatic heterocycles. The molecule has 1 aromatic heterocycles. The van der Waals surface area contributed by atoms with E-state index in [1.807, 2.05) is 30.1 Å². The molecular weight excluding hydrogens is 224 g/mol. The number of thiazole rings is 1. The van der Waals surface area contributed by atoms with Gasteiger partial charge in [-0.1, -0.05) is 6.92 Å². The van der Waals surface area contributed by atoms with Gasteiger partial charge >= 0.3 is 0 Å². The summed E-state index contributed by atoms with van der Waals surface area (Å²) in [5.41, 5.74) is 1.26. The zero-order valence-electron chi connectivity index (χ0n) is 9.96. The van der Waals surface area contributed by atoms with Crippen molar-refractivity contribution in [2.75, 3.05) is 19.1 Å². The number of aromatic nitrogens is 1. The summed E-state index contributed by atoms with van der Waals surface area (Å²) in [4.78, 5) is 6.07. The molecule has 0 fully saturated rings. The van der Waals surface area contributed by atoms with Gasteiger partial charge in [-0.25, -0.2) is 4.98 Å². The summed E-state index contributed by atoms with van der Waals surface area (Å²) in [6.07, 6.45) is 4.35. The van der Waals surface area contributed by atoms with Crippen molar-refractivity contribution >= 4 is 23.1 Å². The second kappa shape index (κ2) is 6.51. The van der Waals surface area contributed by atoms with E-state index >= 15 is 0 Å². The van der Waals surface area contributed by atoms with Crippen LogP contribution in [0, 0.1) is 6.92 Å². The molecule has 0 aliphatic carbocycles. The van der Waals surface area contributed by atoms with E-state index in [1.54, 1.807) is 0 Å². The summed E-state index contributed by atoms with van der Waals surface area (Å²) in [6.45, 7) is 4.34. The van der Waals surface area contributed by atoms with E-state index in [-0.39, 0.29) is 0 Å². The molecule has 1 aromatic rings. The predicted octanol–water partition coefficient (Wildman–Crippen LogP) is 3.03. The quantitative estimate of drug-likeness (QED) is 0.832. The van der Waals surface area contributed by atoms with Crippen LogP contribution in [-0.2, 0) is 6.42 Å². The van der Waals surface area contributed by atoms with Gasteiger partial charge in [0.15, 0.2) is 0 Å². The number of hydrogen-bond acceptors (Lipinski definition) is 4. The van der Waals surface area contributed by atoms with Crippen molar-refractivity contribution in [1.29, 1.82) is 0 Å². The summed E-state index contributed by atoms with van der Waals surface area (Å²) < 4.78 is 0. The summed E-state index contributed by atoms with van der Waals surface area (Å²) in [5, 5.41) is 4.60. The molecule has 1 atom stereocenters. The summed E-state index contributed by atoms with van der Waals surface area (Å²) in [7, 11) is 2.02. The van der Waals surface area contributed by atoms with Crippen LogP contribution in [0.4, 0.5) is 0 Å². The maximum atomic E-state index is 4.70. The number of nitrogens with one attached hydrogen (secondary N) is 1. The van der Waals surface area contributed by atoms with Gasteiger partial charge in [0.25, 0.3) is 0 Å². The van der Waals surface area contributed by atoms with E-state index in [0.29, 0.717) is 6.04 Å². The third kappa shape index (κ3) is 3.47. The largest absolute Gasteiger partial charge is 0.311 e. The average molecular weight is 244 g/mol. The number of aryl methyl sites for hydroxylation is 2. The molecule has 0 aliphatic rings. The van der Waals surface area contributed by atoms with Crippen molar-refractivity contribution in [3.05, 3.63) is 15.6 Å². The van der Waals surface area contributed by atoms with Gasteiger partial charge in [-0.2, -0.15) is 11.8 Å². The van der Waals surface area contributed by atoms with Gasteiger partial charge in [-0.3, -0.25) is 0 Å². The molecule has 1 rings (SSSR count). The lowest BCUT2D eigenvalue weighted by Crippen LogP contribution is -2.16. The van der Waals surface area contributed by atoms with Crippen LogP contribution >= 0.6 is 23.1 Å². The zero-order chi connectivity index (χ0) is 11.3. The highest BCUT2D eigenvalue weighted by Gasteiger charge is 2.14. The van der Waals surface area contributed by atoms with Crippen molar-refractivity contribution in [1.82, 2.24) is 10.3 Å². The van der Waals surface area contributed by atoms with E-state index in [9.17, 15) is 0 Å². The minimum Gasteiger partial charge on any atom is -0.311 e. The lowest BCUT2D eigenvalue weighted by atomic mass is 10.2. The lowest BCUT2D eigenvalue weighted by molar-refractivity contribution is 0.576. The van der Waals surface area contributed by atoms with Crippen LogP contribution in [0.3, 0.4) is 0 Å². The Hall–Kier alpha value is -0.0600. The molecule has 0 aromatic carbocycles. The van der Waals surface area contributed by atoms with E-state index < -0.39 is 0 Å². The third-order valence-electron chi connectivity index (χ3n) is 2.50. The first-order valence-electron chi connectivity index (χ1n) is 5.35. The minimum absolute atomic E-state index is 0.432. The molecule has 0 amide bonds. The van der Waals surface area contributed by atoms with E-state index in [2.05, 4.69) is 25.4 Å². The Morgan fingerprint density at radius 1 is 1.53 bits per heavy atom. The SMILES string of the molecule is CCc1nc(C(CCSC)NC)sc1C. The molecule has 86 valence electrons. The highest BCUT2D eigenvalue weighted by Crippen LogP contribution is 2.26. The van der Waals surface area contributed by atoms with Crippen molar-refractivity contribution in [2.45, 2.75) is 32.7 Å². The summed E-state index contributed by atoms with van der Waals surface area (Å²) in [5.74, 6) is 1.19. The van der Waals surface area contributed by atoms with Crippen molar-refractivity contribution in [3.8, 4) is 0 Å². The smallest absolute Gasteiger partial charge is 0.110 e. The molecule has 1 N–H and O–H groups in total. The fourth-order valence-electron chi connectivity index (χ4n) is 1.55.